The molecule has 0 amide bonds. The lowest BCUT2D eigenvalue weighted by Crippen LogP contribution is -2.29. The highest BCUT2D eigenvalue weighted by molar-refractivity contribution is 6.16. The van der Waals surface area contributed by atoms with Crippen LogP contribution in [0.2, 0.25) is 0 Å². The average Bonchev–Trinajstić information content (AvgIpc) is 2.70. The van der Waals surface area contributed by atoms with E-state index in [0.29, 0.717) is 0 Å². The van der Waals surface area contributed by atoms with E-state index in [4.69, 9.17) is 26.6 Å². The number of aromatic carboxylic acids is 1. The second-order valence-electron chi connectivity index (χ2n) is 6.30. The zero-order valence-corrected chi connectivity index (χ0v) is 16.2. The minimum absolute atomic E-state index is 0.0143. The highest BCUT2D eigenvalue weighted by atomic mass is 19.1. The number of carbonyl (C=O) groups is 1. The first kappa shape index (κ1) is 22.4. The van der Waals surface area contributed by atoms with Gasteiger partial charge in [0, 0.05) is 17.8 Å². The van der Waals surface area contributed by atoms with Crippen molar-refractivity contribution in [1.29, 1.82) is 16.1 Å². The fourth-order valence-electron chi connectivity index (χ4n) is 2.77. The minimum Gasteiger partial charge on any atom is -0.478 e. The van der Waals surface area contributed by atoms with E-state index in [1.807, 2.05) is 0 Å². The SMILES string of the molecule is CNCC(=N)C(C(=N)C#N)c1cnc(N)c(OC(C)c2cc(F)ccc2C(=O)O)n1. The van der Waals surface area contributed by atoms with Crippen LogP contribution in [0.15, 0.2) is 24.4 Å². The fourth-order valence-corrected chi connectivity index (χ4v) is 2.77. The van der Waals surface area contributed by atoms with Crippen molar-refractivity contribution in [3.63, 3.8) is 0 Å². The predicted octanol–water partition coefficient (Wildman–Crippen LogP) is 1.90. The van der Waals surface area contributed by atoms with Gasteiger partial charge in [0.25, 0.3) is 5.88 Å². The van der Waals surface area contributed by atoms with Gasteiger partial charge in [0.05, 0.1) is 23.4 Å². The molecule has 2 aromatic rings. The molecule has 2 rings (SSSR count). The summed E-state index contributed by atoms with van der Waals surface area (Å²) in [5.74, 6) is -3.26. The molecule has 0 spiro atoms. The van der Waals surface area contributed by atoms with Crippen molar-refractivity contribution in [2.45, 2.75) is 18.9 Å². The summed E-state index contributed by atoms with van der Waals surface area (Å²) in [6.45, 7) is 1.60. The van der Waals surface area contributed by atoms with Crippen LogP contribution in [0, 0.1) is 28.0 Å². The molecule has 156 valence electrons. The van der Waals surface area contributed by atoms with Crippen LogP contribution in [0.5, 0.6) is 5.88 Å². The molecular formula is C19H20FN7O3. The average molecular weight is 413 g/mol. The maximum Gasteiger partial charge on any atom is 0.336 e. The fraction of sp³-hybridized carbons (Fsp3) is 0.263. The number of nitriles is 1. The Morgan fingerprint density at radius 3 is 2.77 bits per heavy atom. The number of nitrogens with two attached hydrogens (primary N) is 1. The first-order valence-electron chi connectivity index (χ1n) is 8.71. The highest BCUT2D eigenvalue weighted by Crippen LogP contribution is 2.28. The third-order valence-electron chi connectivity index (χ3n) is 4.18. The Balaban J connectivity index is 2.44. The lowest BCUT2D eigenvalue weighted by molar-refractivity contribution is 0.0691. The van der Waals surface area contributed by atoms with Gasteiger partial charge in [0.1, 0.15) is 23.7 Å². The Morgan fingerprint density at radius 1 is 1.47 bits per heavy atom. The predicted molar refractivity (Wildman–Crippen MR) is 107 cm³/mol. The number of nitrogens with zero attached hydrogens (tertiary/aromatic N) is 3. The molecule has 11 heteroatoms. The smallest absolute Gasteiger partial charge is 0.336 e. The molecule has 0 fully saturated rings. The van der Waals surface area contributed by atoms with Gasteiger partial charge in [-0.1, -0.05) is 0 Å². The molecule has 30 heavy (non-hydrogen) atoms. The Labute approximate surface area is 171 Å². The van der Waals surface area contributed by atoms with Crippen LogP contribution in [0.3, 0.4) is 0 Å². The number of benzene rings is 1. The summed E-state index contributed by atoms with van der Waals surface area (Å²) in [6, 6.07) is 4.89. The van der Waals surface area contributed by atoms with Crippen LogP contribution in [0.4, 0.5) is 10.2 Å². The number of hydrogen-bond acceptors (Lipinski definition) is 9. The number of anilines is 1. The molecule has 6 N–H and O–H groups in total. The van der Waals surface area contributed by atoms with Gasteiger partial charge < -0.3 is 26.3 Å². The Bertz CT molecular complexity index is 1040. The summed E-state index contributed by atoms with van der Waals surface area (Å²) in [6.07, 6.45) is 0.280. The quantitative estimate of drug-likeness (QED) is 0.386. The van der Waals surface area contributed by atoms with Gasteiger partial charge in [-0.25, -0.2) is 19.2 Å². The Kier molecular flexibility index (Phi) is 7.11. The van der Waals surface area contributed by atoms with E-state index in [9.17, 15) is 14.3 Å². The van der Waals surface area contributed by atoms with Crippen LogP contribution in [0.1, 0.15) is 40.6 Å². The maximum atomic E-state index is 13.7. The van der Waals surface area contributed by atoms with Crippen molar-refractivity contribution in [3.8, 4) is 11.9 Å². The van der Waals surface area contributed by atoms with Crippen molar-refractivity contribution in [3.05, 3.63) is 47.0 Å². The van der Waals surface area contributed by atoms with E-state index in [1.54, 1.807) is 13.1 Å². The number of halogens is 1. The van der Waals surface area contributed by atoms with Crippen molar-refractivity contribution in [1.82, 2.24) is 15.3 Å². The van der Waals surface area contributed by atoms with E-state index >= 15 is 0 Å². The van der Waals surface area contributed by atoms with Crippen molar-refractivity contribution in [2.24, 2.45) is 0 Å². The third kappa shape index (κ3) is 4.92. The van der Waals surface area contributed by atoms with Gasteiger partial charge in [0.2, 0.25) is 0 Å². The van der Waals surface area contributed by atoms with E-state index < -0.39 is 29.5 Å². The molecule has 1 aromatic carbocycles. The first-order chi connectivity index (χ1) is 14.2. The summed E-state index contributed by atoms with van der Waals surface area (Å²) in [5.41, 5.74) is 5.43. The van der Waals surface area contributed by atoms with Gasteiger partial charge >= 0.3 is 5.97 Å². The minimum atomic E-state index is -1.25. The molecule has 10 nitrogen and oxygen atoms in total. The van der Waals surface area contributed by atoms with Crippen molar-refractivity contribution in [2.75, 3.05) is 19.3 Å². The molecule has 0 saturated heterocycles. The largest absolute Gasteiger partial charge is 0.478 e. The number of rotatable bonds is 9. The monoisotopic (exact) mass is 413 g/mol. The normalized spacial score (nSPS) is 12.5. The van der Waals surface area contributed by atoms with Gasteiger partial charge in [-0.15, -0.1) is 0 Å². The Morgan fingerprint density at radius 2 is 2.17 bits per heavy atom. The van der Waals surface area contributed by atoms with Gasteiger partial charge in [-0.2, -0.15) is 5.26 Å². The summed E-state index contributed by atoms with van der Waals surface area (Å²) < 4.78 is 19.3. The number of aromatic nitrogens is 2. The topological polar surface area (TPSA) is 182 Å². The van der Waals surface area contributed by atoms with E-state index in [1.165, 1.54) is 13.1 Å². The summed E-state index contributed by atoms with van der Waals surface area (Å²) >= 11 is 0. The van der Waals surface area contributed by atoms with Gasteiger partial charge in [-0.3, -0.25) is 5.41 Å². The maximum absolute atomic E-state index is 13.7. The van der Waals surface area contributed by atoms with E-state index in [0.717, 1.165) is 18.2 Å². The second kappa shape index (κ2) is 9.53. The lowest BCUT2D eigenvalue weighted by atomic mass is 9.94. The highest BCUT2D eigenvalue weighted by Gasteiger charge is 2.26. The number of ether oxygens (including phenoxy) is 1. The van der Waals surface area contributed by atoms with Crippen LogP contribution >= 0.6 is 0 Å². The standard InChI is InChI=1S/C19H20FN7O3/c1-9(12-5-10(20)3-4-11(12)19(28)29)30-18-17(24)26-8-15(27-18)16(13(22)6-21)14(23)7-25-2/h3-5,8-9,16,22-23,25H,7H2,1-2H3,(H2,24,26)(H,28,29). The number of nitrogen functional groups attached to an aromatic ring is 1. The molecule has 0 aliphatic carbocycles. The van der Waals surface area contributed by atoms with Crippen LogP contribution in [-0.4, -0.2) is 46.1 Å². The van der Waals surface area contributed by atoms with E-state index in [-0.39, 0.29) is 40.8 Å². The number of nitrogens with one attached hydrogen (secondary N) is 3. The molecule has 0 saturated carbocycles. The second-order valence-corrected chi connectivity index (χ2v) is 6.30. The molecule has 0 radical (unpaired) electrons. The zero-order valence-electron chi connectivity index (χ0n) is 16.2. The Hall–Kier alpha value is -3.91. The van der Waals surface area contributed by atoms with Crippen LogP contribution in [-0.2, 0) is 0 Å². The van der Waals surface area contributed by atoms with Crippen molar-refractivity contribution >= 4 is 23.2 Å². The van der Waals surface area contributed by atoms with Crippen LogP contribution < -0.4 is 15.8 Å². The van der Waals surface area contributed by atoms with Gasteiger partial charge in [0.15, 0.2) is 5.82 Å². The summed E-state index contributed by atoms with van der Waals surface area (Å²) in [5, 5.41) is 37.2. The van der Waals surface area contributed by atoms with E-state index in [2.05, 4.69) is 15.3 Å². The number of hydrogen-bond donors (Lipinski definition) is 5. The van der Waals surface area contributed by atoms with Crippen LogP contribution in [0.25, 0.3) is 0 Å². The molecule has 0 aliphatic rings. The molecule has 1 aromatic heterocycles. The lowest BCUT2D eigenvalue weighted by Gasteiger charge is -2.19. The number of carboxylic acid groups (broad SMARTS) is 1. The summed E-state index contributed by atoms with van der Waals surface area (Å²) in [7, 11) is 1.62. The third-order valence-corrected chi connectivity index (χ3v) is 4.18. The molecule has 2 atom stereocenters. The van der Waals surface area contributed by atoms with Crippen molar-refractivity contribution < 1.29 is 19.0 Å². The molecular weight excluding hydrogens is 393 g/mol. The molecule has 0 aliphatic heterocycles. The first-order valence-corrected chi connectivity index (χ1v) is 8.71. The number of carboxylic acids is 1. The van der Waals surface area contributed by atoms with Gasteiger partial charge in [-0.05, 0) is 32.2 Å². The zero-order chi connectivity index (χ0) is 22.4. The molecule has 1 heterocycles. The molecule has 0 bridgehead atoms. The summed E-state index contributed by atoms with van der Waals surface area (Å²) in [4.78, 5) is 19.6. The molecule has 2 unspecified atom stereocenters.